The molecule has 1 N–H and O–H groups in total. The third-order valence-corrected chi connectivity index (χ3v) is 4.77. The monoisotopic (exact) mass is 331 g/mol. The van der Waals surface area contributed by atoms with Crippen LogP contribution in [0.25, 0.3) is 5.69 Å². The maximum Gasteiger partial charge on any atom is 0.350 e. The molecule has 1 fully saturated rings. The van der Waals surface area contributed by atoms with Gasteiger partial charge < -0.3 is 14.9 Å². The normalized spacial score (nSPS) is 18.6. The lowest BCUT2D eigenvalue weighted by Crippen LogP contribution is -2.44. The summed E-state index contributed by atoms with van der Waals surface area (Å²) < 4.78 is 2.83. The first-order chi connectivity index (χ1) is 11.5. The standard InChI is InChI=1S/C17H25N5O2/c1-13(14(2)23)22-17(24)21(12-18-22)16-6-4-15(5-7-16)20-10-8-19(3)9-11-20/h4-7,12-14,23H,8-11H2,1-3H3/t13-,14-/m1/s1. The van der Waals surface area contributed by atoms with Gasteiger partial charge in [-0.15, -0.1) is 0 Å². The van der Waals surface area contributed by atoms with Gasteiger partial charge in [0.05, 0.1) is 17.8 Å². The van der Waals surface area contributed by atoms with E-state index < -0.39 is 6.10 Å². The van der Waals surface area contributed by atoms with Gasteiger partial charge in [0.1, 0.15) is 6.33 Å². The van der Waals surface area contributed by atoms with Gasteiger partial charge in [-0.3, -0.25) is 0 Å². The van der Waals surface area contributed by atoms with E-state index in [-0.39, 0.29) is 11.7 Å². The molecule has 1 aromatic carbocycles. The van der Waals surface area contributed by atoms with Crippen LogP contribution in [0.15, 0.2) is 35.4 Å². The fourth-order valence-electron chi connectivity index (χ4n) is 2.87. The van der Waals surface area contributed by atoms with Crippen LogP contribution in [-0.2, 0) is 0 Å². The number of aromatic nitrogens is 3. The van der Waals surface area contributed by atoms with Crippen molar-refractivity contribution < 1.29 is 5.11 Å². The van der Waals surface area contributed by atoms with Crippen LogP contribution in [-0.4, -0.2) is 63.7 Å². The molecule has 2 atom stereocenters. The molecule has 7 nitrogen and oxygen atoms in total. The second-order valence-corrected chi connectivity index (χ2v) is 6.52. The number of nitrogens with zero attached hydrogens (tertiary/aromatic N) is 5. The zero-order valence-corrected chi connectivity index (χ0v) is 14.5. The molecule has 0 unspecified atom stereocenters. The first-order valence-electron chi connectivity index (χ1n) is 8.35. The van der Waals surface area contributed by atoms with Crippen molar-refractivity contribution in [1.29, 1.82) is 0 Å². The third-order valence-electron chi connectivity index (χ3n) is 4.77. The highest BCUT2D eigenvalue weighted by molar-refractivity contribution is 5.51. The second kappa shape index (κ2) is 6.78. The third kappa shape index (κ3) is 3.22. The van der Waals surface area contributed by atoms with E-state index in [1.54, 1.807) is 13.8 Å². The van der Waals surface area contributed by atoms with E-state index in [2.05, 4.69) is 21.9 Å². The molecular formula is C17H25N5O2. The first kappa shape index (κ1) is 16.7. The summed E-state index contributed by atoms with van der Waals surface area (Å²) >= 11 is 0. The van der Waals surface area contributed by atoms with E-state index in [9.17, 15) is 9.90 Å². The molecule has 0 saturated carbocycles. The van der Waals surface area contributed by atoms with Crippen LogP contribution >= 0.6 is 0 Å². The predicted molar refractivity (Wildman–Crippen MR) is 93.9 cm³/mol. The minimum atomic E-state index is -0.634. The molecule has 0 bridgehead atoms. The molecule has 2 heterocycles. The highest BCUT2D eigenvalue weighted by Gasteiger charge is 2.18. The van der Waals surface area contributed by atoms with Crippen molar-refractivity contribution in [3.63, 3.8) is 0 Å². The maximum absolute atomic E-state index is 12.5. The highest BCUT2D eigenvalue weighted by Crippen LogP contribution is 2.18. The molecule has 3 rings (SSSR count). The lowest BCUT2D eigenvalue weighted by Gasteiger charge is -2.34. The molecule has 0 aliphatic carbocycles. The Hall–Kier alpha value is -2.12. The van der Waals surface area contributed by atoms with Crippen molar-refractivity contribution in [2.75, 3.05) is 38.1 Å². The molecule has 2 aromatic rings. The summed E-state index contributed by atoms with van der Waals surface area (Å²) in [6, 6.07) is 7.61. The summed E-state index contributed by atoms with van der Waals surface area (Å²) in [6.45, 7) is 7.58. The Morgan fingerprint density at radius 2 is 1.62 bits per heavy atom. The zero-order chi connectivity index (χ0) is 17.3. The Morgan fingerprint density at radius 3 is 2.21 bits per heavy atom. The van der Waals surface area contributed by atoms with Crippen molar-refractivity contribution in [1.82, 2.24) is 19.2 Å². The summed E-state index contributed by atoms with van der Waals surface area (Å²) in [5.74, 6) is 0. The minimum Gasteiger partial charge on any atom is -0.391 e. The summed E-state index contributed by atoms with van der Waals surface area (Å²) in [5.41, 5.74) is 1.71. The average molecular weight is 331 g/mol. The van der Waals surface area contributed by atoms with Gasteiger partial charge in [0.15, 0.2) is 0 Å². The minimum absolute atomic E-state index is 0.240. The van der Waals surface area contributed by atoms with E-state index in [4.69, 9.17) is 0 Å². The number of aliphatic hydroxyl groups is 1. The summed E-state index contributed by atoms with van der Waals surface area (Å²) in [5, 5.41) is 13.8. The van der Waals surface area contributed by atoms with Crippen LogP contribution in [0.5, 0.6) is 0 Å². The molecule has 24 heavy (non-hydrogen) atoms. The predicted octanol–water partition coefficient (Wildman–Crippen LogP) is 0.728. The Balaban J connectivity index is 1.80. The van der Waals surface area contributed by atoms with Gasteiger partial charge in [-0.2, -0.15) is 5.10 Å². The topological polar surface area (TPSA) is 66.5 Å². The SMILES string of the molecule is C[C@H]([C@@H](C)O)n1ncn(-c2ccc(N3CCN(C)CC3)cc2)c1=O. The van der Waals surface area contributed by atoms with E-state index in [1.807, 2.05) is 24.3 Å². The Labute approximate surface area is 141 Å². The van der Waals surface area contributed by atoms with Gasteiger partial charge in [0.2, 0.25) is 0 Å². The number of hydrogen-bond acceptors (Lipinski definition) is 5. The van der Waals surface area contributed by atoms with Crippen molar-refractivity contribution >= 4 is 5.69 Å². The van der Waals surface area contributed by atoms with Crippen molar-refractivity contribution in [2.24, 2.45) is 0 Å². The summed E-state index contributed by atoms with van der Waals surface area (Å²) in [7, 11) is 2.14. The smallest absolute Gasteiger partial charge is 0.350 e. The van der Waals surface area contributed by atoms with Crippen molar-refractivity contribution in [3.8, 4) is 5.69 Å². The first-order valence-corrected chi connectivity index (χ1v) is 8.35. The Bertz CT molecular complexity index is 726. The molecule has 0 spiro atoms. The average Bonchev–Trinajstić information content (AvgIpc) is 2.96. The van der Waals surface area contributed by atoms with Crippen LogP contribution in [0.3, 0.4) is 0 Å². The maximum atomic E-state index is 12.5. The highest BCUT2D eigenvalue weighted by atomic mass is 16.3. The van der Waals surface area contributed by atoms with Crippen LogP contribution in [0.1, 0.15) is 19.9 Å². The second-order valence-electron chi connectivity index (χ2n) is 6.52. The number of anilines is 1. The van der Waals surface area contributed by atoms with Crippen molar-refractivity contribution in [2.45, 2.75) is 26.0 Å². The van der Waals surface area contributed by atoms with Gasteiger partial charge in [-0.05, 0) is 45.2 Å². The molecular weight excluding hydrogens is 306 g/mol. The van der Waals surface area contributed by atoms with E-state index >= 15 is 0 Å². The molecule has 1 saturated heterocycles. The summed E-state index contributed by atoms with van der Waals surface area (Å²) in [4.78, 5) is 17.1. The molecule has 0 amide bonds. The van der Waals surface area contributed by atoms with E-state index in [1.165, 1.54) is 21.3 Å². The zero-order valence-electron chi connectivity index (χ0n) is 14.5. The quantitative estimate of drug-likeness (QED) is 0.895. The van der Waals surface area contributed by atoms with Gasteiger partial charge in [-0.1, -0.05) is 0 Å². The number of rotatable bonds is 4. The van der Waals surface area contributed by atoms with Crippen LogP contribution in [0.2, 0.25) is 0 Å². The molecule has 1 aliphatic rings. The van der Waals surface area contributed by atoms with Gasteiger partial charge in [-0.25, -0.2) is 14.0 Å². The molecule has 1 aliphatic heterocycles. The molecule has 0 radical (unpaired) electrons. The fraction of sp³-hybridized carbons (Fsp3) is 0.529. The number of hydrogen-bond donors (Lipinski definition) is 1. The Kier molecular flexibility index (Phi) is 4.73. The van der Waals surface area contributed by atoms with E-state index in [0.29, 0.717) is 0 Å². The Morgan fingerprint density at radius 1 is 1.04 bits per heavy atom. The summed E-state index contributed by atoms with van der Waals surface area (Å²) in [6.07, 6.45) is 0.872. The van der Waals surface area contributed by atoms with Gasteiger partial charge in [0.25, 0.3) is 0 Å². The molecule has 1 aromatic heterocycles. The molecule has 7 heteroatoms. The molecule has 130 valence electrons. The number of likely N-dealkylation sites (N-methyl/N-ethyl adjacent to an activating group) is 1. The van der Waals surface area contributed by atoms with Gasteiger partial charge >= 0.3 is 5.69 Å². The van der Waals surface area contributed by atoms with Crippen LogP contribution in [0, 0.1) is 0 Å². The van der Waals surface area contributed by atoms with Crippen LogP contribution < -0.4 is 10.6 Å². The van der Waals surface area contributed by atoms with Gasteiger partial charge in [0, 0.05) is 31.9 Å². The fourth-order valence-corrected chi connectivity index (χ4v) is 2.87. The van der Waals surface area contributed by atoms with E-state index in [0.717, 1.165) is 31.9 Å². The number of piperazine rings is 1. The lowest BCUT2D eigenvalue weighted by molar-refractivity contribution is 0.130. The largest absolute Gasteiger partial charge is 0.391 e. The lowest BCUT2D eigenvalue weighted by atomic mass is 10.2. The number of benzene rings is 1. The van der Waals surface area contributed by atoms with Crippen LogP contribution in [0.4, 0.5) is 5.69 Å². The number of aliphatic hydroxyl groups excluding tert-OH is 1. The van der Waals surface area contributed by atoms with Crippen molar-refractivity contribution in [3.05, 3.63) is 41.1 Å².